The molecule has 74 heavy (non-hydrogen) atoms. The Morgan fingerprint density at radius 2 is 0.649 bits per heavy atom. The molecule has 0 saturated carbocycles. The SMILES string of the molecule is CCCCOc1ccc(N2c3ccc(C)cc3Oc3cc(C)ccc32)cc1.COc1ccc(N2c3ccc(C)cc3Oc3cc(C)ccc32)cc1.Cc1cccc(N2c3ccc(C)cc3Oc3cc(C)ccc32)c1. The van der Waals surface area contributed by atoms with Crippen LogP contribution < -0.4 is 38.4 Å². The number of anilines is 9. The third kappa shape index (κ3) is 10.3. The first-order chi connectivity index (χ1) is 35.9. The van der Waals surface area contributed by atoms with Crippen LogP contribution >= 0.6 is 0 Å². The summed E-state index contributed by atoms with van der Waals surface area (Å²) in [6.07, 6.45) is 2.21. The van der Waals surface area contributed by atoms with Crippen molar-refractivity contribution in [2.24, 2.45) is 0 Å². The fourth-order valence-electron chi connectivity index (χ4n) is 9.43. The average molecular weight is 978 g/mol. The zero-order chi connectivity index (χ0) is 51.5. The second kappa shape index (κ2) is 21.2. The summed E-state index contributed by atoms with van der Waals surface area (Å²) in [4.78, 5) is 6.76. The number of aryl methyl sites for hydroxylation is 7. The van der Waals surface area contributed by atoms with Crippen molar-refractivity contribution in [2.45, 2.75) is 68.2 Å². The molecule has 3 aliphatic rings. The van der Waals surface area contributed by atoms with Crippen molar-refractivity contribution in [3.8, 4) is 46.0 Å². The van der Waals surface area contributed by atoms with Crippen molar-refractivity contribution in [3.63, 3.8) is 0 Å². The molecule has 0 N–H and O–H groups in total. The number of fused-ring (bicyclic) bond motifs is 6. The lowest BCUT2D eigenvalue weighted by Crippen LogP contribution is -2.16. The Morgan fingerprint density at radius 3 is 0.959 bits per heavy atom. The molecule has 9 aromatic rings. The summed E-state index contributed by atoms with van der Waals surface area (Å²) in [5.41, 5.74) is 18.1. The molecule has 8 nitrogen and oxygen atoms in total. The van der Waals surface area contributed by atoms with Gasteiger partial charge in [-0.15, -0.1) is 0 Å². The fraction of sp³-hybridized carbons (Fsp3) is 0.182. The van der Waals surface area contributed by atoms with Crippen LogP contribution in [0, 0.1) is 48.5 Å². The second-order valence-corrected chi connectivity index (χ2v) is 19.4. The molecular formula is C66H63N3O5. The summed E-state index contributed by atoms with van der Waals surface area (Å²) in [6.45, 7) is 17.6. The summed E-state index contributed by atoms with van der Waals surface area (Å²) in [5, 5.41) is 0. The first kappa shape index (κ1) is 49.0. The van der Waals surface area contributed by atoms with Gasteiger partial charge in [0.15, 0.2) is 34.5 Å². The number of hydrogen-bond donors (Lipinski definition) is 0. The number of rotatable bonds is 8. The van der Waals surface area contributed by atoms with Gasteiger partial charge >= 0.3 is 0 Å². The second-order valence-electron chi connectivity index (χ2n) is 19.4. The Bertz CT molecular complexity index is 3320. The third-order valence-corrected chi connectivity index (χ3v) is 13.2. The number of benzene rings is 9. The monoisotopic (exact) mass is 977 g/mol. The van der Waals surface area contributed by atoms with Gasteiger partial charge in [0.05, 0.1) is 47.8 Å². The number of hydrogen-bond acceptors (Lipinski definition) is 8. The van der Waals surface area contributed by atoms with E-state index in [1.165, 1.54) is 38.9 Å². The predicted octanol–water partition coefficient (Wildman–Crippen LogP) is 19.1. The minimum Gasteiger partial charge on any atom is -0.497 e. The van der Waals surface area contributed by atoms with Crippen molar-refractivity contribution in [3.05, 3.63) is 221 Å². The van der Waals surface area contributed by atoms with Crippen LogP contribution in [0.5, 0.6) is 46.0 Å². The maximum Gasteiger partial charge on any atom is 0.151 e. The average Bonchev–Trinajstić information content (AvgIpc) is 3.40. The molecule has 0 atom stereocenters. The first-order valence-corrected chi connectivity index (χ1v) is 25.4. The van der Waals surface area contributed by atoms with E-state index in [0.29, 0.717) is 0 Å². The largest absolute Gasteiger partial charge is 0.497 e. The highest BCUT2D eigenvalue weighted by molar-refractivity contribution is 5.89. The molecule has 0 bridgehead atoms. The van der Waals surface area contributed by atoms with Crippen LogP contribution in [0.4, 0.5) is 51.2 Å². The van der Waals surface area contributed by atoms with Crippen molar-refractivity contribution in [1.29, 1.82) is 0 Å². The molecule has 0 aromatic heterocycles. The normalized spacial score (nSPS) is 12.3. The maximum absolute atomic E-state index is 6.21. The van der Waals surface area contributed by atoms with Gasteiger partial charge < -0.3 is 38.4 Å². The summed E-state index contributed by atoms with van der Waals surface area (Å²) >= 11 is 0. The molecular weight excluding hydrogens is 915 g/mol. The van der Waals surface area contributed by atoms with Gasteiger partial charge in [-0.3, -0.25) is 0 Å². The Labute approximate surface area is 436 Å². The highest BCUT2D eigenvalue weighted by Gasteiger charge is 2.29. The third-order valence-electron chi connectivity index (χ3n) is 13.2. The topological polar surface area (TPSA) is 55.9 Å². The number of ether oxygens (including phenoxy) is 5. The van der Waals surface area contributed by atoms with Crippen LogP contribution in [0.1, 0.15) is 58.7 Å². The molecule has 0 fully saturated rings. The Kier molecular flexibility index (Phi) is 14.1. The van der Waals surface area contributed by atoms with Crippen molar-refractivity contribution >= 4 is 51.2 Å². The summed E-state index contributed by atoms with van der Waals surface area (Å²) in [7, 11) is 1.68. The van der Waals surface area contributed by atoms with E-state index in [1.54, 1.807) is 7.11 Å². The fourth-order valence-corrected chi connectivity index (χ4v) is 9.43. The molecule has 0 amide bonds. The van der Waals surface area contributed by atoms with E-state index in [2.05, 4.69) is 228 Å². The van der Waals surface area contributed by atoms with Gasteiger partial charge in [0.2, 0.25) is 0 Å². The van der Waals surface area contributed by atoms with Crippen LogP contribution in [0.15, 0.2) is 182 Å². The van der Waals surface area contributed by atoms with Gasteiger partial charge in [-0.1, -0.05) is 61.9 Å². The Balaban J connectivity index is 0.000000127. The molecule has 0 radical (unpaired) electrons. The van der Waals surface area contributed by atoms with Gasteiger partial charge in [0, 0.05) is 17.1 Å². The molecule has 9 aromatic carbocycles. The van der Waals surface area contributed by atoms with Crippen LogP contribution in [0.25, 0.3) is 0 Å². The van der Waals surface area contributed by atoms with Crippen LogP contribution in [-0.4, -0.2) is 13.7 Å². The minimum absolute atomic E-state index is 0.762. The van der Waals surface area contributed by atoms with Gasteiger partial charge in [-0.05, 0) is 227 Å². The van der Waals surface area contributed by atoms with E-state index in [-0.39, 0.29) is 0 Å². The van der Waals surface area contributed by atoms with Crippen molar-refractivity contribution < 1.29 is 23.7 Å². The van der Waals surface area contributed by atoms with E-state index in [4.69, 9.17) is 23.7 Å². The van der Waals surface area contributed by atoms with Crippen molar-refractivity contribution in [1.82, 2.24) is 0 Å². The number of nitrogens with zero attached hydrogens (tertiary/aromatic N) is 3. The van der Waals surface area contributed by atoms with Crippen LogP contribution in [0.3, 0.4) is 0 Å². The highest BCUT2D eigenvalue weighted by Crippen LogP contribution is 2.54. The van der Waals surface area contributed by atoms with Crippen LogP contribution in [0.2, 0.25) is 0 Å². The smallest absolute Gasteiger partial charge is 0.151 e. The van der Waals surface area contributed by atoms with Crippen molar-refractivity contribution in [2.75, 3.05) is 28.4 Å². The molecule has 0 spiro atoms. The lowest BCUT2D eigenvalue weighted by Gasteiger charge is -2.33. The molecule has 0 aliphatic carbocycles. The van der Waals surface area contributed by atoms with E-state index < -0.39 is 0 Å². The quantitative estimate of drug-likeness (QED) is 0.140. The predicted molar refractivity (Wildman–Crippen MR) is 304 cm³/mol. The summed E-state index contributed by atoms with van der Waals surface area (Å²) < 4.78 is 29.7. The molecule has 3 heterocycles. The molecule has 8 heteroatoms. The van der Waals surface area contributed by atoms with Gasteiger partial charge in [-0.2, -0.15) is 0 Å². The lowest BCUT2D eigenvalue weighted by atomic mass is 10.1. The van der Waals surface area contributed by atoms with E-state index in [9.17, 15) is 0 Å². The molecule has 12 rings (SSSR count). The highest BCUT2D eigenvalue weighted by atomic mass is 16.5. The van der Waals surface area contributed by atoms with E-state index in [1.807, 2.05) is 24.3 Å². The van der Waals surface area contributed by atoms with Gasteiger partial charge in [0.25, 0.3) is 0 Å². The van der Waals surface area contributed by atoms with E-state index >= 15 is 0 Å². The molecule has 0 unspecified atom stereocenters. The number of methoxy groups -OCH3 is 1. The number of unbranched alkanes of at least 4 members (excludes halogenated alkanes) is 1. The molecule has 0 saturated heterocycles. The summed E-state index contributed by atoms with van der Waals surface area (Å²) in [6, 6.07) is 63.0. The van der Waals surface area contributed by atoms with Crippen LogP contribution in [-0.2, 0) is 0 Å². The van der Waals surface area contributed by atoms with E-state index in [0.717, 1.165) is 117 Å². The summed E-state index contributed by atoms with van der Waals surface area (Å²) in [5.74, 6) is 7.10. The zero-order valence-corrected chi connectivity index (χ0v) is 43.8. The first-order valence-electron chi connectivity index (χ1n) is 25.4. The standard InChI is InChI=1S/C24H25NO2.C21H19NO2.C21H19NO/c1-4-5-14-26-20-10-8-19(9-11-20)25-21-12-6-17(2)15-23(21)27-24-16-18(3)7-13-22(24)25;1-14-4-10-18-20(12-14)24-21-13-15(2)5-11-19(21)22(18)16-6-8-17(23-3)9-7-16;1-14-5-4-6-17(11-14)22-18-9-7-15(2)12-20(18)23-21-13-16(3)8-10-19(21)22/h6-13,15-16H,4-5,14H2,1-3H3;4-13H,1-3H3;4-13H,1-3H3. The molecule has 372 valence electrons. The molecule has 3 aliphatic heterocycles. The Hall–Kier alpha value is -8.62. The van der Waals surface area contributed by atoms with Gasteiger partial charge in [-0.25, -0.2) is 0 Å². The Morgan fingerprint density at radius 1 is 0.338 bits per heavy atom. The van der Waals surface area contributed by atoms with Gasteiger partial charge in [0.1, 0.15) is 11.5 Å². The minimum atomic E-state index is 0.762. The zero-order valence-electron chi connectivity index (χ0n) is 43.8. The maximum atomic E-state index is 6.21. The lowest BCUT2D eigenvalue weighted by molar-refractivity contribution is 0.309.